The number of aryl methyl sites for hydroxylation is 1. The number of hydrogen-bond donors (Lipinski definition) is 2. The van der Waals surface area contributed by atoms with E-state index in [-0.39, 0.29) is 17.7 Å². The molecule has 0 aromatic heterocycles. The third-order valence-corrected chi connectivity index (χ3v) is 3.94. The van der Waals surface area contributed by atoms with Gasteiger partial charge < -0.3 is 10.4 Å². The Kier molecular flexibility index (Phi) is 3.83. The maximum absolute atomic E-state index is 12.2. The number of amides is 1. The summed E-state index contributed by atoms with van der Waals surface area (Å²) in [6.45, 7) is 6.41. The predicted octanol–water partition coefficient (Wildman–Crippen LogP) is 3.40. The van der Waals surface area contributed by atoms with Crippen molar-refractivity contribution in [1.29, 1.82) is 0 Å². The molecule has 0 radical (unpaired) electrons. The monoisotopic (exact) mass is 261 g/mol. The smallest absolute Gasteiger partial charge is 0.255 e. The van der Waals surface area contributed by atoms with E-state index in [4.69, 9.17) is 0 Å². The Labute approximate surface area is 115 Å². The highest BCUT2D eigenvalue weighted by Crippen LogP contribution is 2.35. The molecular weight excluding hydrogens is 238 g/mol. The van der Waals surface area contributed by atoms with E-state index in [2.05, 4.69) is 19.2 Å². The molecule has 1 amide bonds. The Morgan fingerprint density at radius 2 is 2.16 bits per heavy atom. The van der Waals surface area contributed by atoms with Gasteiger partial charge >= 0.3 is 0 Å². The minimum atomic E-state index is -0.163. The molecule has 1 aromatic rings. The Hall–Kier alpha value is -1.51. The molecule has 2 rings (SSSR count). The van der Waals surface area contributed by atoms with Crippen molar-refractivity contribution in [2.75, 3.05) is 0 Å². The number of aromatic hydroxyl groups is 1. The summed E-state index contributed by atoms with van der Waals surface area (Å²) in [6, 6.07) is 5.33. The van der Waals surface area contributed by atoms with E-state index in [1.54, 1.807) is 18.2 Å². The number of carbonyl (C=O) groups excluding carboxylic acids is 1. The second kappa shape index (κ2) is 5.24. The van der Waals surface area contributed by atoms with Gasteiger partial charge in [0.05, 0.1) is 5.56 Å². The van der Waals surface area contributed by atoms with Gasteiger partial charge in [0.15, 0.2) is 0 Å². The van der Waals surface area contributed by atoms with Crippen LogP contribution in [-0.2, 0) is 0 Å². The molecule has 0 aliphatic heterocycles. The average Bonchev–Trinajstić information content (AvgIpc) is 2.31. The zero-order valence-electron chi connectivity index (χ0n) is 12.0. The third kappa shape index (κ3) is 3.49. The second-order valence-corrected chi connectivity index (χ2v) is 6.45. The van der Waals surface area contributed by atoms with Crippen molar-refractivity contribution in [1.82, 2.24) is 5.32 Å². The molecule has 104 valence electrons. The van der Waals surface area contributed by atoms with Crippen LogP contribution in [0.4, 0.5) is 0 Å². The van der Waals surface area contributed by atoms with E-state index in [0.29, 0.717) is 11.0 Å². The molecular formula is C16H23NO2. The minimum Gasteiger partial charge on any atom is -0.507 e. The SMILES string of the molecule is Cc1ccc(O)c(C(=O)NC2CCCC(C)(C)C2)c1. The third-order valence-electron chi connectivity index (χ3n) is 3.94. The molecule has 0 spiro atoms. The number of benzene rings is 1. The summed E-state index contributed by atoms with van der Waals surface area (Å²) in [7, 11) is 0. The van der Waals surface area contributed by atoms with Crippen molar-refractivity contribution < 1.29 is 9.90 Å². The first-order valence-corrected chi connectivity index (χ1v) is 6.98. The van der Waals surface area contributed by atoms with Crippen LogP contribution < -0.4 is 5.32 Å². The van der Waals surface area contributed by atoms with Crippen LogP contribution in [0.3, 0.4) is 0 Å². The van der Waals surface area contributed by atoms with Crippen molar-refractivity contribution in [3.8, 4) is 5.75 Å². The summed E-state index contributed by atoms with van der Waals surface area (Å²) < 4.78 is 0. The van der Waals surface area contributed by atoms with Gasteiger partial charge in [-0.1, -0.05) is 31.9 Å². The number of hydrogen-bond acceptors (Lipinski definition) is 2. The van der Waals surface area contributed by atoms with E-state index in [1.807, 2.05) is 6.92 Å². The fourth-order valence-corrected chi connectivity index (χ4v) is 2.92. The zero-order valence-corrected chi connectivity index (χ0v) is 12.0. The maximum atomic E-state index is 12.2. The van der Waals surface area contributed by atoms with Crippen molar-refractivity contribution in [2.45, 2.75) is 52.5 Å². The highest BCUT2D eigenvalue weighted by Gasteiger charge is 2.29. The zero-order chi connectivity index (χ0) is 14.0. The molecule has 3 heteroatoms. The largest absolute Gasteiger partial charge is 0.507 e. The Morgan fingerprint density at radius 3 is 2.84 bits per heavy atom. The van der Waals surface area contributed by atoms with Crippen molar-refractivity contribution >= 4 is 5.91 Å². The summed E-state index contributed by atoms with van der Waals surface area (Å²) in [5.74, 6) is -0.109. The van der Waals surface area contributed by atoms with Crippen LogP contribution in [0.5, 0.6) is 5.75 Å². The predicted molar refractivity (Wildman–Crippen MR) is 76.3 cm³/mol. The fourth-order valence-electron chi connectivity index (χ4n) is 2.92. The first-order valence-electron chi connectivity index (χ1n) is 6.98. The molecule has 1 unspecified atom stereocenters. The maximum Gasteiger partial charge on any atom is 0.255 e. The Morgan fingerprint density at radius 1 is 1.42 bits per heavy atom. The van der Waals surface area contributed by atoms with Gasteiger partial charge in [0.2, 0.25) is 0 Å². The van der Waals surface area contributed by atoms with Gasteiger partial charge in [0.25, 0.3) is 5.91 Å². The summed E-state index contributed by atoms with van der Waals surface area (Å²) >= 11 is 0. The average molecular weight is 261 g/mol. The molecule has 1 aliphatic rings. The van der Waals surface area contributed by atoms with Crippen molar-refractivity contribution in [2.24, 2.45) is 5.41 Å². The van der Waals surface area contributed by atoms with E-state index < -0.39 is 0 Å². The van der Waals surface area contributed by atoms with Crippen LogP contribution in [0.15, 0.2) is 18.2 Å². The number of carbonyl (C=O) groups is 1. The van der Waals surface area contributed by atoms with Crippen LogP contribution in [0, 0.1) is 12.3 Å². The topological polar surface area (TPSA) is 49.3 Å². The molecule has 1 fully saturated rings. The number of rotatable bonds is 2. The lowest BCUT2D eigenvalue weighted by molar-refractivity contribution is 0.0900. The summed E-state index contributed by atoms with van der Waals surface area (Å²) in [6.07, 6.45) is 4.40. The second-order valence-electron chi connectivity index (χ2n) is 6.45. The lowest BCUT2D eigenvalue weighted by Crippen LogP contribution is -2.40. The lowest BCUT2D eigenvalue weighted by Gasteiger charge is -2.35. The molecule has 1 aliphatic carbocycles. The highest BCUT2D eigenvalue weighted by atomic mass is 16.3. The lowest BCUT2D eigenvalue weighted by atomic mass is 9.75. The number of phenols is 1. The van der Waals surface area contributed by atoms with Crippen LogP contribution in [0.25, 0.3) is 0 Å². The van der Waals surface area contributed by atoms with Gasteiger partial charge in [-0.2, -0.15) is 0 Å². The summed E-state index contributed by atoms with van der Waals surface area (Å²) in [5, 5.41) is 12.8. The van der Waals surface area contributed by atoms with Crippen LogP contribution >= 0.6 is 0 Å². The summed E-state index contributed by atoms with van der Waals surface area (Å²) in [4.78, 5) is 12.2. The van der Waals surface area contributed by atoms with E-state index in [1.165, 1.54) is 6.42 Å². The number of nitrogens with one attached hydrogen (secondary N) is 1. The van der Waals surface area contributed by atoms with Gasteiger partial charge in [0, 0.05) is 6.04 Å². The van der Waals surface area contributed by atoms with Gasteiger partial charge in [-0.05, 0) is 43.7 Å². The van der Waals surface area contributed by atoms with Gasteiger partial charge in [-0.3, -0.25) is 4.79 Å². The molecule has 0 heterocycles. The van der Waals surface area contributed by atoms with Gasteiger partial charge in [-0.25, -0.2) is 0 Å². The quantitative estimate of drug-likeness (QED) is 0.857. The highest BCUT2D eigenvalue weighted by molar-refractivity contribution is 5.97. The molecule has 0 saturated heterocycles. The minimum absolute atomic E-state index is 0.0539. The Bertz CT molecular complexity index is 480. The molecule has 3 nitrogen and oxygen atoms in total. The molecule has 0 bridgehead atoms. The van der Waals surface area contributed by atoms with Crippen LogP contribution in [0.2, 0.25) is 0 Å². The molecule has 1 saturated carbocycles. The van der Waals surface area contributed by atoms with E-state index >= 15 is 0 Å². The first-order chi connectivity index (χ1) is 8.87. The van der Waals surface area contributed by atoms with Crippen molar-refractivity contribution in [3.05, 3.63) is 29.3 Å². The van der Waals surface area contributed by atoms with E-state index in [9.17, 15) is 9.90 Å². The van der Waals surface area contributed by atoms with Crippen LogP contribution in [0.1, 0.15) is 55.5 Å². The van der Waals surface area contributed by atoms with Crippen molar-refractivity contribution in [3.63, 3.8) is 0 Å². The van der Waals surface area contributed by atoms with E-state index in [0.717, 1.165) is 24.8 Å². The molecule has 1 atom stereocenters. The van der Waals surface area contributed by atoms with Crippen LogP contribution in [-0.4, -0.2) is 17.1 Å². The van der Waals surface area contributed by atoms with Gasteiger partial charge in [-0.15, -0.1) is 0 Å². The molecule has 2 N–H and O–H groups in total. The summed E-state index contributed by atoms with van der Waals surface area (Å²) in [5.41, 5.74) is 1.65. The molecule has 19 heavy (non-hydrogen) atoms. The fraction of sp³-hybridized carbons (Fsp3) is 0.562. The normalized spacial score (nSPS) is 21.9. The Balaban J connectivity index is 2.06. The molecule has 1 aromatic carbocycles. The first kappa shape index (κ1) is 13.9. The number of phenolic OH excluding ortho intramolecular Hbond substituents is 1. The standard InChI is InChI=1S/C16H23NO2/c1-11-6-7-14(18)13(9-11)15(19)17-12-5-4-8-16(2,3)10-12/h6-7,9,12,18H,4-5,8,10H2,1-3H3,(H,17,19). The van der Waals surface area contributed by atoms with Gasteiger partial charge in [0.1, 0.15) is 5.75 Å².